The van der Waals surface area contributed by atoms with Gasteiger partial charge >= 0.3 is 0 Å². The Balaban J connectivity index is 1.85. The molecule has 2 atom stereocenters. The molecule has 21 heavy (non-hydrogen) atoms. The molecule has 0 saturated carbocycles. The summed E-state index contributed by atoms with van der Waals surface area (Å²) in [5, 5.41) is 13.4. The van der Waals surface area contributed by atoms with Crippen LogP contribution in [0.4, 0.5) is 0 Å². The van der Waals surface area contributed by atoms with E-state index < -0.39 is 16.9 Å². The zero-order chi connectivity index (χ0) is 15.2. The van der Waals surface area contributed by atoms with E-state index in [0.717, 1.165) is 21.6 Å². The summed E-state index contributed by atoms with van der Waals surface area (Å²) in [5.41, 5.74) is 3.19. The Kier molecular flexibility index (Phi) is 5.67. The van der Waals surface area contributed by atoms with Gasteiger partial charge in [-0.1, -0.05) is 42.0 Å². The molecule has 0 fully saturated rings. The van der Waals surface area contributed by atoms with E-state index in [4.69, 9.17) is 0 Å². The summed E-state index contributed by atoms with van der Waals surface area (Å²) >= 11 is 0. The maximum atomic E-state index is 11.3. The second-order valence-electron chi connectivity index (χ2n) is 5.16. The van der Waals surface area contributed by atoms with Crippen LogP contribution < -0.4 is 5.32 Å². The van der Waals surface area contributed by atoms with Gasteiger partial charge in [0.15, 0.2) is 0 Å². The summed E-state index contributed by atoms with van der Waals surface area (Å²) in [5.74, 6) is 0. The second-order valence-corrected chi connectivity index (χ2v) is 6.54. The van der Waals surface area contributed by atoms with Gasteiger partial charge in [-0.3, -0.25) is 4.21 Å². The number of aliphatic hydroxyl groups excluding tert-OH is 1. The summed E-state index contributed by atoms with van der Waals surface area (Å²) in [4.78, 5) is 0.832. The third-order valence-corrected chi connectivity index (χ3v) is 4.29. The molecule has 2 unspecified atom stereocenters. The van der Waals surface area contributed by atoms with Crippen LogP contribution in [0, 0.1) is 6.92 Å². The maximum absolute atomic E-state index is 11.3. The molecule has 0 heterocycles. The van der Waals surface area contributed by atoms with Crippen molar-refractivity contribution in [3.05, 3.63) is 65.2 Å². The van der Waals surface area contributed by atoms with Crippen molar-refractivity contribution in [2.75, 3.05) is 12.8 Å². The number of rotatable bonds is 6. The molecular weight excluding hydrogens is 282 g/mol. The molecule has 4 heteroatoms. The summed E-state index contributed by atoms with van der Waals surface area (Å²) in [6.45, 7) is 3.20. The van der Waals surface area contributed by atoms with Gasteiger partial charge in [-0.2, -0.15) is 0 Å². The fourth-order valence-electron chi connectivity index (χ4n) is 2.15. The summed E-state index contributed by atoms with van der Waals surface area (Å²) in [6, 6.07) is 15.6. The molecule has 2 aromatic carbocycles. The first-order chi connectivity index (χ1) is 10.1. The molecular formula is C17H21NO2S. The van der Waals surface area contributed by atoms with E-state index in [2.05, 4.69) is 5.32 Å². The van der Waals surface area contributed by atoms with Crippen LogP contribution in [0.5, 0.6) is 0 Å². The Hall–Kier alpha value is -1.49. The van der Waals surface area contributed by atoms with Crippen LogP contribution in [0.2, 0.25) is 0 Å². The lowest BCUT2D eigenvalue weighted by Gasteiger charge is -2.13. The van der Waals surface area contributed by atoms with E-state index in [1.54, 1.807) is 6.26 Å². The standard InChI is InChI=1S/C17H21NO2S/c1-13-4-3-5-15(10-13)17(19)12-18-11-14-6-8-16(9-7-14)21(2)20/h3-10,17-19H,11-12H2,1-2H3. The first kappa shape index (κ1) is 15.9. The van der Waals surface area contributed by atoms with Gasteiger partial charge in [0.05, 0.1) is 6.10 Å². The Bertz CT molecular complexity index is 610. The normalized spacial score (nSPS) is 13.9. The van der Waals surface area contributed by atoms with Crippen LogP contribution >= 0.6 is 0 Å². The van der Waals surface area contributed by atoms with Crippen LogP contribution in [0.1, 0.15) is 22.8 Å². The molecule has 0 aliphatic rings. The molecule has 0 aromatic heterocycles. The van der Waals surface area contributed by atoms with E-state index in [1.807, 2.05) is 55.5 Å². The van der Waals surface area contributed by atoms with Crippen molar-refractivity contribution in [3.8, 4) is 0 Å². The van der Waals surface area contributed by atoms with Crippen molar-refractivity contribution in [2.45, 2.75) is 24.5 Å². The largest absolute Gasteiger partial charge is 0.387 e. The highest BCUT2D eigenvalue weighted by molar-refractivity contribution is 7.84. The molecule has 2 rings (SSSR count). The number of aryl methyl sites for hydroxylation is 1. The number of nitrogens with one attached hydrogen (secondary N) is 1. The Morgan fingerprint density at radius 1 is 1.19 bits per heavy atom. The minimum atomic E-state index is -0.938. The molecule has 0 aliphatic carbocycles. The highest BCUT2D eigenvalue weighted by Crippen LogP contribution is 2.14. The van der Waals surface area contributed by atoms with Crippen LogP contribution in [0.15, 0.2) is 53.4 Å². The lowest BCUT2D eigenvalue weighted by atomic mass is 10.1. The van der Waals surface area contributed by atoms with Crippen molar-refractivity contribution in [1.82, 2.24) is 5.32 Å². The van der Waals surface area contributed by atoms with Crippen LogP contribution in [0.3, 0.4) is 0 Å². The van der Waals surface area contributed by atoms with Crippen molar-refractivity contribution in [1.29, 1.82) is 0 Å². The fourth-order valence-corrected chi connectivity index (χ4v) is 2.67. The van der Waals surface area contributed by atoms with E-state index >= 15 is 0 Å². The second kappa shape index (κ2) is 7.50. The quantitative estimate of drug-likeness (QED) is 0.862. The van der Waals surface area contributed by atoms with Gasteiger partial charge in [-0.05, 0) is 30.2 Å². The monoisotopic (exact) mass is 303 g/mol. The first-order valence-electron chi connectivity index (χ1n) is 6.94. The summed E-state index contributed by atoms with van der Waals surface area (Å²) in [6.07, 6.45) is 1.16. The molecule has 2 N–H and O–H groups in total. The zero-order valence-electron chi connectivity index (χ0n) is 12.4. The van der Waals surface area contributed by atoms with E-state index in [1.165, 1.54) is 0 Å². The molecule has 0 bridgehead atoms. The van der Waals surface area contributed by atoms with Gasteiger partial charge in [-0.15, -0.1) is 0 Å². The molecule has 0 radical (unpaired) electrons. The Labute approximate surface area is 128 Å². The highest BCUT2D eigenvalue weighted by atomic mass is 32.2. The zero-order valence-corrected chi connectivity index (χ0v) is 13.2. The fraction of sp³-hybridized carbons (Fsp3) is 0.294. The maximum Gasteiger partial charge on any atom is 0.0914 e. The van der Waals surface area contributed by atoms with Crippen molar-refractivity contribution in [2.24, 2.45) is 0 Å². The SMILES string of the molecule is Cc1cccc(C(O)CNCc2ccc(S(C)=O)cc2)c1. The lowest BCUT2D eigenvalue weighted by Crippen LogP contribution is -2.21. The number of benzene rings is 2. The molecule has 2 aromatic rings. The molecule has 3 nitrogen and oxygen atoms in total. The Morgan fingerprint density at radius 2 is 1.90 bits per heavy atom. The average Bonchev–Trinajstić information content (AvgIpc) is 2.47. The van der Waals surface area contributed by atoms with Crippen LogP contribution in [-0.4, -0.2) is 22.1 Å². The van der Waals surface area contributed by atoms with Crippen LogP contribution in [0.25, 0.3) is 0 Å². The molecule has 0 aliphatic heterocycles. The van der Waals surface area contributed by atoms with Gasteiger partial charge in [0, 0.05) is 35.0 Å². The van der Waals surface area contributed by atoms with Gasteiger partial charge in [0.2, 0.25) is 0 Å². The topological polar surface area (TPSA) is 49.3 Å². The molecule has 0 amide bonds. The third kappa shape index (κ3) is 4.77. The van der Waals surface area contributed by atoms with Crippen molar-refractivity contribution < 1.29 is 9.32 Å². The van der Waals surface area contributed by atoms with E-state index in [9.17, 15) is 9.32 Å². The smallest absolute Gasteiger partial charge is 0.0914 e. The van der Waals surface area contributed by atoms with Gasteiger partial charge < -0.3 is 10.4 Å². The molecule has 112 valence electrons. The number of hydrogen-bond acceptors (Lipinski definition) is 3. The average molecular weight is 303 g/mol. The predicted molar refractivity (Wildman–Crippen MR) is 86.6 cm³/mol. The van der Waals surface area contributed by atoms with Gasteiger partial charge in [-0.25, -0.2) is 0 Å². The summed E-state index contributed by atoms with van der Waals surface area (Å²) < 4.78 is 11.3. The van der Waals surface area contributed by atoms with E-state index in [0.29, 0.717) is 13.1 Å². The third-order valence-electron chi connectivity index (χ3n) is 3.35. The summed E-state index contributed by atoms with van der Waals surface area (Å²) in [7, 11) is -0.938. The van der Waals surface area contributed by atoms with Gasteiger partial charge in [0.1, 0.15) is 0 Å². The molecule has 0 spiro atoms. The van der Waals surface area contributed by atoms with Crippen molar-refractivity contribution >= 4 is 10.8 Å². The van der Waals surface area contributed by atoms with Crippen molar-refractivity contribution in [3.63, 3.8) is 0 Å². The first-order valence-corrected chi connectivity index (χ1v) is 8.50. The lowest BCUT2D eigenvalue weighted by molar-refractivity contribution is 0.174. The number of aliphatic hydroxyl groups is 1. The predicted octanol–water partition coefficient (Wildman–Crippen LogP) is 2.56. The minimum absolute atomic E-state index is 0.505. The highest BCUT2D eigenvalue weighted by Gasteiger charge is 2.07. The number of hydrogen-bond donors (Lipinski definition) is 2. The minimum Gasteiger partial charge on any atom is -0.387 e. The van der Waals surface area contributed by atoms with Crippen LogP contribution in [-0.2, 0) is 17.3 Å². The Morgan fingerprint density at radius 3 is 2.52 bits per heavy atom. The van der Waals surface area contributed by atoms with Gasteiger partial charge in [0.25, 0.3) is 0 Å². The molecule has 0 saturated heterocycles. The van der Waals surface area contributed by atoms with E-state index in [-0.39, 0.29) is 0 Å².